The molecule has 1 N–H and O–H groups in total. The Morgan fingerprint density at radius 3 is 2.55 bits per heavy atom. The van der Waals surface area contributed by atoms with Crippen LogP contribution < -0.4 is 0 Å². The van der Waals surface area contributed by atoms with Gasteiger partial charge >= 0.3 is 0 Å². The Kier molecular flexibility index (Phi) is 5.25. The topological polar surface area (TPSA) is 80.9 Å². The Bertz CT molecular complexity index is 912. The molecule has 3 heterocycles. The second kappa shape index (κ2) is 7.75. The number of hydrogen-bond acceptors (Lipinski definition) is 5. The van der Waals surface area contributed by atoms with E-state index in [1.807, 2.05) is 0 Å². The first-order valence-corrected chi connectivity index (χ1v) is 12.3. The van der Waals surface area contributed by atoms with Crippen molar-refractivity contribution in [1.29, 1.82) is 0 Å². The number of fused-ring (bicyclic) bond motifs is 1. The fourth-order valence-corrected chi connectivity index (χ4v) is 6.61. The van der Waals surface area contributed by atoms with Crippen LogP contribution in [0, 0.1) is 5.41 Å². The van der Waals surface area contributed by atoms with Gasteiger partial charge in [-0.1, -0.05) is 18.0 Å². The van der Waals surface area contributed by atoms with Crippen molar-refractivity contribution in [2.45, 2.75) is 74.8 Å². The van der Waals surface area contributed by atoms with E-state index >= 15 is 0 Å². The molecule has 1 atom stereocenters. The minimum Gasteiger partial charge on any atom is -0.396 e. The van der Waals surface area contributed by atoms with Gasteiger partial charge in [0.1, 0.15) is 16.7 Å². The van der Waals surface area contributed by atoms with E-state index in [9.17, 15) is 9.32 Å². The number of imidazole rings is 1. The third-order valence-electron chi connectivity index (χ3n) is 7.14. The van der Waals surface area contributed by atoms with Crippen LogP contribution in [0.15, 0.2) is 17.4 Å². The van der Waals surface area contributed by atoms with Crippen molar-refractivity contribution in [3.63, 3.8) is 0 Å². The van der Waals surface area contributed by atoms with Crippen molar-refractivity contribution >= 4 is 22.4 Å². The SMILES string of the molecule is O=[S@@]1CCc2c1nc(CC1(CO)CCC1)n2C1CCC(c2ncc(Cl)cn2)CC1. The Hall–Kier alpha value is -1.31. The third-order valence-corrected chi connectivity index (χ3v) is 8.66. The molecule has 2 aromatic rings. The summed E-state index contributed by atoms with van der Waals surface area (Å²) in [5, 5.41) is 11.3. The van der Waals surface area contributed by atoms with Gasteiger partial charge in [0.15, 0.2) is 0 Å². The molecular weight excluding hydrogens is 408 g/mol. The highest BCUT2D eigenvalue weighted by Gasteiger charge is 2.40. The molecule has 2 saturated carbocycles. The van der Waals surface area contributed by atoms with E-state index in [1.165, 1.54) is 12.1 Å². The highest BCUT2D eigenvalue weighted by atomic mass is 35.5. The highest BCUT2D eigenvalue weighted by Crippen LogP contribution is 2.45. The van der Waals surface area contributed by atoms with Crippen LogP contribution in [0.4, 0.5) is 0 Å². The van der Waals surface area contributed by atoms with E-state index in [1.54, 1.807) is 12.4 Å². The normalized spacial score (nSPS) is 28.1. The van der Waals surface area contributed by atoms with Crippen LogP contribution in [0.2, 0.25) is 5.02 Å². The Morgan fingerprint density at radius 2 is 1.93 bits per heavy atom. The fourth-order valence-electron chi connectivity index (χ4n) is 5.27. The van der Waals surface area contributed by atoms with Crippen LogP contribution in [-0.4, -0.2) is 41.2 Å². The molecule has 156 valence electrons. The maximum atomic E-state index is 12.5. The van der Waals surface area contributed by atoms with Gasteiger partial charge in [0, 0.05) is 55.0 Å². The van der Waals surface area contributed by atoms with Gasteiger partial charge in [-0.25, -0.2) is 15.0 Å². The molecule has 3 aliphatic rings. The number of nitrogens with zero attached hydrogens (tertiary/aromatic N) is 4. The van der Waals surface area contributed by atoms with Crippen LogP contribution in [0.25, 0.3) is 0 Å². The first-order chi connectivity index (χ1) is 14.1. The molecule has 0 amide bonds. The molecule has 2 aliphatic carbocycles. The molecule has 2 aromatic heterocycles. The van der Waals surface area contributed by atoms with Gasteiger partial charge < -0.3 is 9.67 Å². The molecule has 8 heteroatoms. The summed E-state index contributed by atoms with van der Waals surface area (Å²) in [5.41, 5.74) is 1.16. The van der Waals surface area contributed by atoms with Crippen LogP contribution >= 0.6 is 11.6 Å². The number of halogens is 1. The van der Waals surface area contributed by atoms with E-state index in [4.69, 9.17) is 16.6 Å². The second-order valence-corrected chi connectivity index (χ2v) is 10.8. The van der Waals surface area contributed by atoms with E-state index in [-0.39, 0.29) is 12.0 Å². The van der Waals surface area contributed by atoms with Gasteiger partial charge in [-0.15, -0.1) is 0 Å². The van der Waals surface area contributed by atoms with Crippen LogP contribution in [0.3, 0.4) is 0 Å². The summed E-state index contributed by atoms with van der Waals surface area (Å²) in [5.74, 6) is 2.99. The highest BCUT2D eigenvalue weighted by molar-refractivity contribution is 7.85. The molecule has 5 rings (SSSR count). The summed E-state index contributed by atoms with van der Waals surface area (Å²) >= 11 is 5.93. The van der Waals surface area contributed by atoms with Crippen LogP contribution in [0.1, 0.15) is 74.2 Å². The second-order valence-electron chi connectivity index (χ2n) is 8.90. The molecule has 0 saturated heterocycles. The van der Waals surface area contributed by atoms with Crippen molar-refractivity contribution in [2.75, 3.05) is 12.4 Å². The largest absolute Gasteiger partial charge is 0.396 e. The number of aliphatic hydroxyl groups is 1. The molecule has 0 radical (unpaired) electrons. The molecular formula is C21H27ClN4O2S. The maximum Gasteiger partial charge on any atom is 0.148 e. The van der Waals surface area contributed by atoms with Crippen molar-refractivity contribution in [3.05, 3.63) is 34.8 Å². The van der Waals surface area contributed by atoms with Gasteiger partial charge in [0.25, 0.3) is 0 Å². The molecule has 6 nitrogen and oxygen atoms in total. The molecule has 29 heavy (non-hydrogen) atoms. The van der Waals surface area contributed by atoms with E-state index in [0.29, 0.717) is 22.7 Å². The lowest BCUT2D eigenvalue weighted by Crippen LogP contribution is -2.37. The monoisotopic (exact) mass is 434 g/mol. The fraction of sp³-hybridized carbons (Fsp3) is 0.667. The summed E-state index contributed by atoms with van der Waals surface area (Å²) in [6, 6.07) is 0.385. The van der Waals surface area contributed by atoms with Gasteiger partial charge in [0.2, 0.25) is 0 Å². The molecule has 1 aliphatic heterocycles. The predicted molar refractivity (Wildman–Crippen MR) is 112 cm³/mol. The van der Waals surface area contributed by atoms with Gasteiger partial charge in [-0.3, -0.25) is 4.21 Å². The lowest BCUT2D eigenvalue weighted by molar-refractivity contribution is 0.0415. The van der Waals surface area contributed by atoms with Gasteiger partial charge in [-0.05, 0) is 38.5 Å². The molecule has 0 unspecified atom stereocenters. The Morgan fingerprint density at radius 1 is 1.21 bits per heavy atom. The zero-order chi connectivity index (χ0) is 20.0. The van der Waals surface area contributed by atoms with Gasteiger partial charge in [-0.2, -0.15) is 0 Å². The zero-order valence-electron chi connectivity index (χ0n) is 16.5. The minimum atomic E-state index is -0.972. The lowest BCUT2D eigenvalue weighted by Gasteiger charge is -2.41. The van der Waals surface area contributed by atoms with E-state index < -0.39 is 10.8 Å². The Labute approximate surface area is 178 Å². The minimum absolute atomic E-state index is 0.0211. The molecule has 0 spiro atoms. The summed E-state index contributed by atoms with van der Waals surface area (Å²) in [6.45, 7) is 0.217. The van der Waals surface area contributed by atoms with E-state index in [2.05, 4.69) is 14.5 Å². The summed E-state index contributed by atoms with van der Waals surface area (Å²) in [4.78, 5) is 13.7. The average Bonchev–Trinajstić information content (AvgIpc) is 3.24. The molecule has 2 fully saturated rings. The first-order valence-electron chi connectivity index (χ1n) is 10.7. The van der Waals surface area contributed by atoms with Crippen molar-refractivity contribution in [2.24, 2.45) is 5.41 Å². The number of hydrogen-bond donors (Lipinski definition) is 1. The van der Waals surface area contributed by atoms with E-state index in [0.717, 1.165) is 68.0 Å². The number of aliphatic hydroxyl groups excluding tert-OH is 1. The quantitative estimate of drug-likeness (QED) is 0.777. The standard InChI is InChI=1S/C21H27ClN4O2S/c22-15-11-23-19(24-12-15)14-2-4-16(5-3-14)26-17-6-9-29(28)20(17)25-18(26)10-21(13-27)7-1-8-21/h11-12,14,16,27H,1-10,13H2/t14?,16?,29-/m1/s1. The summed E-state index contributed by atoms with van der Waals surface area (Å²) < 4.78 is 14.9. The molecule has 0 bridgehead atoms. The lowest BCUT2D eigenvalue weighted by atomic mass is 9.67. The maximum absolute atomic E-state index is 12.5. The number of rotatable bonds is 5. The van der Waals surface area contributed by atoms with Crippen molar-refractivity contribution < 1.29 is 9.32 Å². The van der Waals surface area contributed by atoms with Gasteiger partial charge in [0.05, 0.1) is 21.5 Å². The smallest absolute Gasteiger partial charge is 0.148 e. The first kappa shape index (κ1) is 19.6. The van der Waals surface area contributed by atoms with Crippen molar-refractivity contribution in [3.8, 4) is 0 Å². The molecule has 0 aromatic carbocycles. The van der Waals surface area contributed by atoms with Crippen molar-refractivity contribution in [1.82, 2.24) is 19.5 Å². The summed E-state index contributed by atoms with van der Waals surface area (Å²) in [7, 11) is -0.972. The average molecular weight is 435 g/mol. The van der Waals surface area contributed by atoms with Crippen LogP contribution in [-0.2, 0) is 23.6 Å². The zero-order valence-corrected chi connectivity index (χ0v) is 18.1. The number of aromatic nitrogens is 4. The Balaban J connectivity index is 1.38. The third kappa shape index (κ3) is 3.55. The van der Waals surface area contributed by atoms with Crippen LogP contribution in [0.5, 0.6) is 0 Å². The predicted octanol–water partition coefficient (Wildman–Crippen LogP) is 3.59. The summed E-state index contributed by atoms with van der Waals surface area (Å²) in [6.07, 6.45) is 12.5.